The van der Waals surface area contributed by atoms with Crippen LogP contribution in [0.3, 0.4) is 0 Å². The minimum atomic E-state index is -1.70. The number of carbonyl (C=O) groups excluding carboxylic acids is 3. The van der Waals surface area contributed by atoms with Crippen LogP contribution < -0.4 is 0 Å². The van der Waals surface area contributed by atoms with Crippen LogP contribution in [0.4, 0.5) is 0 Å². The van der Waals surface area contributed by atoms with E-state index >= 15 is 9.59 Å². The molecule has 0 aromatic heterocycles. The van der Waals surface area contributed by atoms with Gasteiger partial charge in [0.15, 0.2) is 28.8 Å². The molecule has 49 heavy (non-hydrogen) atoms. The highest BCUT2D eigenvalue weighted by atomic mass is 16.3. The summed E-state index contributed by atoms with van der Waals surface area (Å²) in [6.45, 7) is 25.8. The van der Waals surface area contributed by atoms with Crippen molar-refractivity contribution in [2.75, 3.05) is 0 Å². The van der Waals surface area contributed by atoms with Crippen LogP contribution in [-0.4, -0.2) is 32.7 Å². The number of carbonyl (C=O) groups is 3. The Kier molecular flexibility index (Phi) is 14.6. The van der Waals surface area contributed by atoms with Gasteiger partial charge in [-0.3, -0.25) is 14.4 Å². The van der Waals surface area contributed by atoms with Gasteiger partial charge in [0.2, 0.25) is 0 Å². The van der Waals surface area contributed by atoms with Crippen LogP contribution >= 0.6 is 0 Å². The highest BCUT2D eigenvalue weighted by Gasteiger charge is 2.64. The molecule has 0 aliphatic heterocycles. The number of hydrogen-bond acceptors (Lipinski definition) is 6. The first kappa shape index (κ1) is 41.0. The first-order valence-corrected chi connectivity index (χ1v) is 17.2. The summed E-state index contributed by atoms with van der Waals surface area (Å²) in [6.07, 6.45) is 10.9. The maximum atomic E-state index is 15.5. The molecular weight excluding hydrogens is 612 g/mol. The van der Waals surface area contributed by atoms with E-state index in [2.05, 4.69) is 19.2 Å². The molecule has 0 bridgehead atoms. The molecule has 1 saturated carbocycles. The minimum absolute atomic E-state index is 0.0132. The van der Waals surface area contributed by atoms with E-state index in [9.17, 15) is 20.1 Å². The summed E-state index contributed by atoms with van der Waals surface area (Å²) < 4.78 is 0. The number of aliphatic hydroxyl groups is 1. The van der Waals surface area contributed by atoms with Crippen LogP contribution in [0.5, 0.6) is 11.5 Å². The molecule has 2 atom stereocenters. The number of rotatable bonds is 16. The monoisotopic (exact) mass is 670 g/mol. The smallest absolute Gasteiger partial charge is 0.184 e. The molecule has 3 N–H and O–H groups in total. The Hall–Kier alpha value is -4.19. The lowest BCUT2D eigenvalue weighted by molar-refractivity contribution is -0.155. The normalized spacial score (nSPS) is 19.2. The standard InChI is InChI=1S/C43H58O6/c1-27(2)13-12-14-32(11)21-24-43(26-34(31(9)10)16-15-28(3)4)40(48)37(38(46)33-17-18-35(44)36(45)25-33)39(47)42(41(43)49,22-19-29(5)6)23-20-30(7)8/h13,17-21,25,34,44-46H,3,9,12,14-16,22-24,26H2,1-2,4-8,10-11H3. The topological polar surface area (TPSA) is 112 Å². The van der Waals surface area contributed by atoms with Crippen molar-refractivity contribution < 1.29 is 29.7 Å². The third-order valence-electron chi connectivity index (χ3n) is 9.50. The van der Waals surface area contributed by atoms with Crippen molar-refractivity contribution >= 4 is 23.1 Å². The summed E-state index contributed by atoms with van der Waals surface area (Å²) in [5.74, 6) is -3.71. The molecule has 2 rings (SSSR count). The Morgan fingerprint density at radius 2 is 1.27 bits per heavy atom. The maximum absolute atomic E-state index is 15.5. The predicted octanol–water partition coefficient (Wildman–Crippen LogP) is 10.8. The van der Waals surface area contributed by atoms with Gasteiger partial charge in [-0.15, -0.1) is 6.58 Å². The molecule has 6 nitrogen and oxygen atoms in total. The fraction of sp³-hybridized carbons (Fsp3) is 0.465. The first-order chi connectivity index (χ1) is 22.8. The van der Waals surface area contributed by atoms with Crippen LogP contribution in [0.25, 0.3) is 5.76 Å². The summed E-state index contributed by atoms with van der Waals surface area (Å²) in [5, 5.41) is 32.1. The van der Waals surface area contributed by atoms with Crippen molar-refractivity contribution in [3.63, 3.8) is 0 Å². The molecule has 1 aromatic rings. The number of ketones is 3. The molecule has 6 heteroatoms. The van der Waals surface area contributed by atoms with Crippen LogP contribution in [0.15, 0.2) is 94.7 Å². The molecule has 0 saturated heterocycles. The predicted molar refractivity (Wildman–Crippen MR) is 201 cm³/mol. The molecule has 0 amide bonds. The highest BCUT2D eigenvalue weighted by molar-refractivity contribution is 6.41. The van der Waals surface area contributed by atoms with Crippen LogP contribution in [0.2, 0.25) is 0 Å². The summed E-state index contributed by atoms with van der Waals surface area (Å²) in [4.78, 5) is 45.4. The van der Waals surface area contributed by atoms with Crippen molar-refractivity contribution in [1.82, 2.24) is 0 Å². The van der Waals surface area contributed by atoms with Gasteiger partial charge in [0.1, 0.15) is 16.7 Å². The number of phenolic OH excluding ortho intramolecular Hbond substituents is 2. The number of Topliss-reactive ketones (excluding diaryl/α,β-unsaturated/α-hetero) is 3. The van der Waals surface area contributed by atoms with Crippen molar-refractivity contribution in [1.29, 1.82) is 0 Å². The van der Waals surface area contributed by atoms with E-state index in [0.717, 1.165) is 46.8 Å². The van der Waals surface area contributed by atoms with E-state index in [0.29, 0.717) is 12.8 Å². The van der Waals surface area contributed by atoms with Crippen molar-refractivity contribution in [2.24, 2.45) is 16.7 Å². The van der Waals surface area contributed by atoms with E-state index in [1.165, 1.54) is 17.7 Å². The third-order valence-corrected chi connectivity index (χ3v) is 9.50. The fourth-order valence-corrected chi connectivity index (χ4v) is 6.34. The number of benzene rings is 1. The van der Waals surface area contributed by atoms with Crippen molar-refractivity contribution in [3.05, 3.63) is 100 Å². The second kappa shape index (κ2) is 17.5. The van der Waals surface area contributed by atoms with Crippen molar-refractivity contribution in [3.8, 4) is 11.5 Å². The van der Waals surface area contributed by atoms with E-state index in [1.807, 2.05) is 80.5 Å². The van der Waals surface area contributed by atoms with Crippen molar-refractivity contribution in [2.45, 2.75) is 114 Å². The molecule has 0 spiro atoms. The van der Waals surface area contributed by atoms with Gasteiger partial charge >= 0.3 is 0 Å². The lowest BCUT2D eigenvalue weighted by Crippen LogP contribution is -2.59. The summed E-state index contributed by atoms with van der Waals surface area (Å²) in [7, 11) is 0. The van der Waals surface area contributed by atoms with Crippen LogP contribution in [0.1, 0.15) is 119 Å². The summed E-state index contributed by atoms with van der Waals surface area (Å²) in [5.41, 5.74) is 1.99. The molecule has 1 fully saturated rings. The zero-order valence-electron chi connectivity index (χ0n) is 31.3. The molecule has 0 radical (unpaired) electrons. The van der Waals surface area contributed by atoms with Gasteiger partial charge in [0, 0.05) is 5.56 Å². The number of aromatic hydroxyl groups is 2. The van der Waals surface area contributed by atoms with Crippen LogP contribution in [-0.2, 0) is 14.4 Å². The lowest BCUT2D eigenvalue weighted by Gasteiger charge is -2.46. The van der Waals surface area contributed by atoms with Gasteiger partial charge in [-0.25, -0.2) is 0 Å². The number of aliphatic hydroxyl groups excluding tert-OH is 1. The second-order valence-corrected chi connectivity index (χ2v) is 14.9. The Morgan fingerprint density at radius 1 is 0.735 bits per heavy atom. The molecule has 1 aliphatic rings. The minimum Gasteiger partial charge on any atom is -0.506 e. The van der Waals surface area contributed by atoms with E-state index in [4.69, 9.17) is 0 Å². The van der Waals surface area contributed by atoms with E-state index < -0.39 is 51.0 Å². The number of phenols is 2. The van der Waals surface area contributed by atoms with E-state index in [-0.39, 0.29) is 37.2 Å². The Labute approximate surface area is 294 Å². The molecule has 1 aliphatic carbocycles. The van der Waals surface area contributed by atoms with Gasteiger partial charge in [-0.05, 0) is 138 Å². The average Bonchev–Trinajstić information content (AvgIpc) is 3.00. The first-order valence-electron chi connectivity index (χ1n) is 17.2. The quantitative estimate of drug-likeness (QED) is 0.0403. The SMILES string of the molecule is C=C(C)CCC(CC1(CC=C(C)CCC=C(C)C)C(=O)C(=C(O)c2ccc(O)c(O)c2)C(=O)C(CC=C(C)C)(CC=C(C)C)C1=O)C(=C)C. The molecule has 2 unspecified atom stereocenters. The zero-order chi connectivity index (χ0) is 37.3. The van der Waals surface area contributed by atoms with E-state index in [1.54, 1.807) is 0 Å². The lowest BCUT2D eigenvalue weighted by atomic mass is 9.52. The largest absolute Gasteiger partial charge is 0.506 e. The maximum Gasteiger partial charge on any atom is 0.184 e. The second-order valence-electron chi connectivity index (χ2n) is 14.9. The molecular formula is C43H58O6. The number of hydrogen-bond donors (Lipinski definition) is 3. The Morgan fingerprint density at radius 3 is 1.76 bits per heavy atom. The average molecular weight is 671 g/mol. The fourth-order valence-electron chi connectivity index (χ4n) is 6.34. The van der Waals surface area contributed by atoms with Gasteiger partial charge in [-0.2, -0.15) is 0 Å². The Bertz CT molecular complexity index is 1590. The molecule has 1 aromatic carbocycles. The van der Waals surface area contributed by atoms with Crippen LogP contribution in [0, 0.1) is 16.7 Å². The highest BCUT2D eigenvalue weighted by Crippen LogP contribution is 2.53. The van der Waals surface area contributed by atoms with Gasteiger partial charge in [0.25, 0.3) is 0 Å². The van der Waals surface area contributed by atoms with Gasteiger partial charge in [0.05, 0.1) is 5.41 Å². The van der Waals surface area contributed by atoms with Gasteiger partial charge < -0.3 is 15.3 Å². The summed E-state index contributed by atoms with van der Waals surface area (Å²) in [6, 6.07) is 3.63. The Balaban J connectivity index is 3.11. The van der Waals surface area contributed by atoms with Gasteiger partial charge in [-0.1, -0.05) is 64.3 Å². The third kappa shape index (κ3) is 10.2. The summed E-state index contributed by atoms with van der Waals surface area (Å²) >= 11 is 0. The zero-order valence-corrected chi connectivity index (χ0v) is 31.3. The molecule has 266 valence electrons. The molecule has 0 heterocycles. The number of allylic oxidation sites excluding steroid dienone is 11.